The van der Waals surface area contributed by atoms with Gasteiger partial charge in [0.15, 0.2) is 6.10 Å². The molecule has 190 valence electrons. The minimum Gasteiger partial charge on any atom is -0.472 e. The van der Waals surface area contributed by atoms with Crippen LogP contribution in [0.2, 0.25) is 0 Å². The van der Waals surface area contributed by atoms with E-state index in [0.29, 0.717) is 12.8 Å². The molecule has 2 aliphatic carbocycles. The third-order valence-corrected chi connectivity index (χ3v) is 10.8. The molecule has 6 rings (SSSR count). The zero-order valence-electron chi connectivity index (χ0n) is 21.2. The fraction of sp³-hybridized carbons (Fsp3) is 0.741. The van der Waals surface area contributed by atoms with Gasteiger partial charge in [0.25, 0.3) is 0 Å². The van der Waals surface area contributed by atoms with Crippen LogP contribution in [0.3, 0.4) is 0 Å². The fourth-order valence-corrected chi connectivity index (χ4v) is 9.17. The molecule has 1 aromatic heterocycles. The van der Waals surface area contributed by atoms with Crippen LogP contribution in [0.4, 0.5) is 0 Å². The number of fused-ring (bicyclic) bond motifs is 3. The first-order valence-electron chi connectivity index (χ1n) is 12.6. The van der Waals surface area contributed by atoms with Gasteiger partial charge in [-0.15, -0.1) is 0 Å². The molecule has 0 N–H and O–H groups in total. The number of Topliss-reactive ketones (excluding diaryl/α,β-unsaturated/α-hetero) is 1. The van der Waals surface area contributed by atoms with Crippen LogP contribution in [-0.4, -0.2) is 48.2 Å². The van der Waals surface area contributed by atoms with E-state index in [9.17, 15) is 14.4 Å². The summed E-state index contributed by atoms with van der Waals surface area (Å²) < 4.78 is 29.2. The van der Waals surface area contributed by atoms with Gasteiger partial charge >= 0.3 is 11.9 Å². The molecule has 3 aliphatic heterocycles. The first-order valence-corrected chi connectivity index (χ1v) is 12.6. The lowest BCUT2D eigenvalue weighted by atomic mass is 9.37. The predicted molar refractivity (Wildman–Crippen MR) is 121 cm³/mol. The van der Waals surface area contributed by atoms with Crippen LogP contribution < -0.4 is 0 Å². The van der Waals surface area contributed by atoms with Crippen LogP contribution in [0, 0.1) is 28.1 Å². The first kappa shape index (κ1) is 23.2. The Kier molecular flexibility index (Phi) is 4.49. The highest BCUT2D eigenvalue weighted by atomic mass is 16.7. The van der Waals surface area contributed by atoms with Crippen molar-refractivity contribution in [1.29, 1.82) is 0 Å². The van der Waals surface area contributed by atoms with E-state index in [2.05, 4.69) is 13.8 Å². The van der Waals surface area contributed by atoms with Crippen LogP contribution >= 0.6 is 0 Å². The van der Waals surface area contributed by atoms with E-state index in [1.807, 2.05) is 26.8 Å². The molecule has 8 nitrogen and oxygen atoms in total. The lowest BCUT2D eigenvalue weighted by molar-refractivity contribution is -0.211. The van der Waals surface area contributed by atoms with Gasteiger partial charge in [0.1, 0.15) is 17.5 Å². The molecule has 1 aromatic rings. The summed E-state index contributed by atoms with van der Waals surface area (Å²) in [5.41, 5.74) is -2.79. The summed E-state index contributed by atoms with van der Waals surface area (Å²) in [7, 11) is 1.38. The number of hydrogen-bond donors (Lipinski definition) is 0. The second kappa shape index (κ2) is 6.76. The number of methoxy groups -OCH3 is 1. The van der Waals surface area contributed by atoms with E-state index in [0.717, 1.165) is 12.0 Å². The van der Waals surface area contributed by atoms with Gasteiger partial charge in [-0.1, -0.05) is 13.8 Å². The smallest absolute Gasteiger partial charge is 0.339 e. The Morgan fingerprint density at radius 3 is 2.49 bits per heavy atom. The summed E-state index contributed by atoms with van der Waals surface area (Å²) in [5.74, 6) is -0.842. The Balaban J connectivity index is 1.49. The monoisotopic (exact) mass is 486 g/mol. The number of carbonyl (C=O) groups is 3. The number of furan rings is 1. The van der Waals surface area contributed by atoms with Crippen molar-refractivity contribution in [2.75, 3.05) is 7.11 Å². The lowest BCUT2D eigenvalue weighted by Crippen LogP contribution is -2.71. The normalized spacial score (nSPS) is 49.3. The van der Waals surface area contributed by atoms with Gasteiger partial charge in [-0.05, 0) is 45.6 Å². The van der Waals surface area contributed by atoms with Gasteiger partial charge in [-0.25, -0.2) is 4.79 Å². The number of esters is 2. The van der Waals surface area contributed by atoms with Crippen molar-refractivity contribution in [1.82, 2.24) is 0 Å². The van der Waals surface area contributed by atoms with E-state index in [-0.39, 0.29) is 30.0 Å². The number of rotatable bonds is 3. The van der Waals surface area contributed by atoms with Crippen LogP contribution in [0.25, 0.3) is 0 Å². The topological polar surface area (TPSA) is 105 Å². The Morgan fingerprint density at radius 2 is 1.83 bits per heavy atom. The molecule has 0 aromatic carbocycles. The number of cyclic esters (lactones) is 1. The highest BCUT2D eigenvalue weighted by Crippen LogP contribution is 2.79. The zero-order chi connectivity index (χ0) is 25.2. The SMILES string of the molecule is COC(=O)CC1OC(C)(C)C2CC(=O)C3(C)C(CCC4(C)C(c5ccoc5)OC(=O)C5OC543)C12C. The van der Waals surface area contributed by atoms with Gasteiger partial charge in [-0.2, -0.15) is 0 Å². The van der Waals surface area contributed by atoms with E-state index in [4.69, 9.17) is 23.4 Å². The number of epoxide rings is 1. The number of ketones is 1. The van der Waals surface area contributed by atoms with E-state index >= 15 is 0 Å². The van der Waals surface area contributed by atoms with Gasteiger partial charge in [-0.3, -0.25) is 9.59 Å². The van der Waals surface area contributed by atoms with Gasteiger partial charge in [0, 0.05) is 28.7 Å². The Hall–Kier alpha value is -2.19. The molecule has 5 aliphatic rings. The second-order valence-electron chi connectivity index (χ2n) is 12.4. The van der Waals surface area contributed by atoms with Crippen LogP contribution in [0.15, 0.2) is 23.0 Å². The largest absolute Gasteiger partial charge is 0.472 e. The Morgan fingerprint density at radius 1 is 1.09 bits per heavy atom. The third kappa shape index (κ3) is 2.48. The lowest BCUT2D eigenvalue weighted by Gasteiger charge is -2.64. The number of hydrogen-bond acceptors (Lipinski definition) is 8. The molecule has 3 saturated heterocycles. The van der Waals surface area contributed by atoms with E-state index in [1.54, 1.807) is 12.5 Å². The zero-order valence-corrected chi connectivity index (χ0v) is 21.2. The molecule has 35 heavy (non-hydrogen) atoms. The Labute approximate surface area is 205 Å². The van der Waals surface area contributed by atoms with Crippen LogP contribution in [0.5, 0.6) is 0 Å². The van der Waals surface area contributed by atoms with Crippen LogP contribution in [-0.2, 0) is 33.3 Å². The standard InChI is InChI=1S/C27H34O8/c1-23(2)16-11-17(28)26(5)15(25(16,4)18(34-23)12-19(29)31-6)7-9-24(3)20(14-8-10-32-13-14)33-22(30)21-27(24,26)35-21/h8,10,13,15-16,18,20-21H,7,9,11-12H2,1-6H3. The molecular formula is C27H34O8. The minimum atomic E-state index is -0.978. The number of ether oxygens (including phenoxy) is 4. The van der Waals surface area contributed by atoms with Crippen molar-refractivity contribution < 1.29 is 37.7 Å². The van der Waals surface area contributed by atoms with Crippen molar-refractivity contribution in [2.24, 2.45) is 28.1 Å². The summed E-state index contributed by atoms with van der Waals surface area (Å²) in [4.78, 5) is 39.8. The van der Waals surface area contributed by atoms with Crippen molar-refractivity contribution in [3.8, 4) is 0 Å². The third-order valence-electron chi connectivity index (χ3n) is 10.8. The van der Waals surface area contributed by atoms with E-state index in [1.165, 1.54) is 7.11 Å². The van der Waals surface area contributed by atoms with Crippen molar-refractivity contribution in [3.05, 3.63) is 24.2 Å². The molecule has 5 fully saturated rings. The van der Waals surface area contributed by atoms with Gasteiger partial charge < -0.3 is 23.4 Å². The second-order valence-corrected chi connectivity index (χ2v) is 12.4. The molecule has 9 atom stereocenters. The molecule has 2 saturated carbocycles. The quantitative estimate of drug-likeness (QED) is 0.470. The van der Waals surface area contributed by atoms with E-state index < -0.39 is 51.7 Å². The molecule has 1 spiro atoms. The van der Waals surface area contributed by atoms with Crippen molar-refractivity contribution >= 4 is 17.7 Å². The molecule has 0 radical (unpaired) electrons. The maximum atomic E-state index is 14.2. The predicted octanol–water partition coefficient (Wildman–Crippen LogP) is 3.77. The number of carbonyl (C=O) groups excluding carboxylic acids is 3. The minimum absolute atomic E-state index is 0.0617. The first-order chi connectivity index (χ1) is 16.4. The molecule has 8 heteroatoms. The highest BCUT2D eigenvalue weighted by molar-refractivity contribution is 5.93. The van der Waals surface area contributed by atoms with Crippen LogP contribution in [0.1, 0.15) is 72.0 Å². The average molecular weight is 487 g/mol. The summed E-state index contributed by atoms with van der Waals surface area (Å²) in [6.07, 6.45) is 3.31. The van der Waals surface area contributed by atoms with Crippen molar-refractivity contribution in [3.63, 3.8) is 0 Å². The molecule has 4 heterocycles. The Bertz CT molecular complexity index is 1110. The molecule has 0 amide bonds. The summed E-state index contributed by atoms with van der Waals surface area (Å²) in [6.45, 7) is 10.3. The average Bonchev–Trinajstić information content (AvgIpc) is 3.30. The molecule has 0 bridgehead atoms. The maximum Gasteiger partial charge on any atom is 0.339 e. The molecular weight excluding hydrogens is 452 g/mol. The van der Waals surface area contributed by atoms with Gasteiger partial charge in [0.05, 0.1) is 43.2 Å². The summed E-state index contributed by atoms with van der Waals surface area (Å²) in [5, 5.41) is 0. The maximum absolute atomic E-state index is 14.2. The highest BCUT2D eigenvalue weighted by Gasteiger charge is 2.89. The fourth-order valence-electron chi connectivity index (χ4n) is 9.17. The van der Waals surface area contributed by atoms with Gasteiger partial charge in [0.2, 0.25) is 0 Å². The summed E-state index contributed by atoms with van der Waals surface area (Å²) >= 11 is 0. The summed E-state index contributed by atoms with van der Waals surface area (Å²) in [6, 6.07) is 1.81. The van der Waals surface area contributed by atoms with Crippen molar-refractivity contribution in [2.45, 2.75) is 89.8 Å². The molecule has 9 unspecified atom stereocenters.